The zero-order valence-electron chi connectivity index (χ0n) is 7.09. The second kappa shape index (κ2) is 3.32. The molecule has 1 rings (SSSR count). The van der Waals surface area contributed by atoms with Gasteiger partial charge < -0.3 is 0 Å². The fourth-order valence-electron chi connectivity index (χ4n) is 1.00. The summed E-state index contributed by atoms with van der Waals surface area (Å²) >= 11 is 0. The zero-order valence-corrected chi connectivity index (χ0v) is 7.09. The number of nitrogens with zero attached hydrogens (tertiary/aromatic N) is 1. The summed E-state index contributed by atoms with van der Waals surface area (Å²) in [7, 11) is 0. The number of hydrogen-bond donors (Lipinski definition) is 2. The van der Waals surface area contributed by atoms with Crippen molar-refractivity contribution in [2.24, 2.45) is 5.84 Å². The van der Waals surface area contributed by atoms with Gasteiger partial charge in [-0.2, -0.15) is 0 Å². The molecule has 0 aliphatic heterocycles. The summed E-state index contributed by atoms with van der Waals surface area (Å²) in [5.74, 6) is 4.68. The topological polar surface area (TPSA) is 68.0 Å². The molecule has 0 atom stereocenters. The Bertz CT molecular complexity index is 309. The van der Waals surface area contributed by atoms with E-state index in [1.54, 1.807) is 19.1 Å². The van der Waals surface area contributed by atoms with E-state index in [1.165, 1.54) is 0 Å². The Morgan fingerprint density at radius 3 is 2.67 bits per heavy atom. The van der Waals surface area contributed by atoms with Gasteiger partial charge in [-0.25, -0.2) is 5.84 Å². The molecule has 0 aromatic carbocycles. The molecule has 1 aromatic rings. The van der Waals surface area contributed by atoms with Crippen molar-refractivity contribution in [3.05, 3.63) is 29.1 Å². The maximum Gasteiger partial charge on any atom is 0.267 e. The van der Waals surface area contributed by atoms with Crippen molar-refractivity contribution in [1.82, 2.24) is 10.4 Å². The summed E-state index contributed by atoms with van der Waals surface area (Å²) in [6, 6.07) is 3.48. The van der Waals surface area contributed by atoms with E-state index < -0.39 is 0 Å². The number of nitrogens with one attached hydrogen (secondary N) is 1. The lowest BCUT2D eigenvalue weighted by Gasteiger charge is -2.03. The molecular weight excluding hydrogens is 154 g/mol. The Balaban J connectivity index is 3.09. The van der Waals surface area contributed by atoms with Crippen LogP contribution in [-0.4, -0.2) is 10.9 Å². The molecule has 1 aromatic heterocycles. The third-order valence-electron chi connectivity index (χ3n) is 1.60. The third-order valence-corrected chi connectivity index (χ3v) is 1.60. The molecule has 4 nitrogen and oxygen atoms in total. The van der Waals surface area contributed by atoms with Crippen LogP contribution in [0.1, 0.15) is 21.7 Å². The van der Waals surface area contributed by atoms with Gasteiger partial charge in [-0.3, -0.25) is 15.2 Å². The lowest BCUT2D eigenvalue weighted by molar-refractivity contribution is 0.0952. The first-order valence-corrected chi connectivity index (χ1v) is 3.60. The van der Waals surface area contributed by atoms with Gasteiger partial charge in [0.25, 0.3) is 5.91 Å². The maximum absolute atomic E-state index is 11.1. The van der Waals surface area contributed by atoms with Gasteiger partial charge in [-0.05, 0) is 26.0 Å². The van der Waals surface area contributed by atoms with E-state index in [4.69, 9.17) is 5.84 Å². The number of carbonyl (C=O) groups excluding carboxylic acids is 1. The number of nitrogens with two attached hydrogens (primary N) is 1. The third kappa shape index (κ3) is 1.60. The highest BCUT2D eigenvalue weighted by atomic mass is 16.2. The van der Waals surface area contributed by atoms with Crippen molar-refractivity contribution in [3.63, 3.8) is 0 Å². The predicted octanol–water partition coefficient (Wildman–Crippen LogP) is 0.302. The molecule has 0 unspecified atom stereocenters. The minimum atomic E-state index is -0.306. The van der Waals surface area contributed by atoms with Crippen molar-refractivity contribution >= 4 is 5.91 Å². The number of aryl methyl sites for hydroxylation is 2. The summed E-state index contributed by atoms with van der Waals surface area (Å²) in [4.78, 5) is 15.2. The second-order valence-corrected chi connectivity index (χ2v) is 2.56. The monoisotopic (exact) mass is 165 g/mol. The molecule has 4 heteroatoms. The van der Waals surface area contributed by atoms with Crippen LogP contribution in [0.4, 0.5) is 0 Å². The Kier molecular flexibility index (Phi) is 2.40. The average molecular weight is 165 g/mol. The van der Waals surface area contributed by atoms with Crippen LogP contribution in [0.2, 0.25) is 0 Å². The minimum Gasteiger partial charge on any atom is -0.290 e. The van der Waals surface area contributed by atoms with E-state index in [1.807, 2.05) is 6.92 Å². The predicted molar refractivity (Wildman–Crippen MR) is 45.4 cm³/mol. The van der Waals surface area contributed by atoms with Gasteiger partial charge in [0.05, 0.1) is 11.3 Å². The van der Waals surface area contributed by atoms with Crippen LogP contribution in [0.15, 0.2) is 12.1 Å². The van der Waals surface area contributed by atoms with Gasteiger partial charge in [0.1, 0.15) is 0 Å². The molecule has 0 bridgehead atoms. The zero-order chi connectivity index (χ0) is 9.14. The lowest BCUT2D eigenvalue weighted by Crippen LogP contribution is -2.30. The molecule has 0 aliphatic rings. The van der Waals surface area contributed by atoms with Crippen molar-refractivity contribution in [1.29, 1.82) is 0 Å². The molecule has 0 saturated heterocycles. The van der Waals surface area contributed by atoms with Crippen LogP contribution < -0.4 is 11.3 Å². The maximum atomic E-state index is 11.1. The van der Waals surface area contributed by atoms with Crippen molar-refractivity contribution in [3.8, 4) is 0 Å². The Morgan fingerprint density at radius 2 is 2.17 bits per heavy atom. The van der Waals surface area contributed by atoms with Crippen LogP contribution in [0.3, 0.4) is 0 Å². The lowest BCUT2D eigenvalue weighted by atomic mass is 10.2. The summed E-state index contributed by atoms with van der Waals surface area (Å²) in [5, 5.41) is 0. The molecule has 1 amide bonds. The highest BCUT2D eigenvalue weighted by Crippen LogP contribution is 2.05. The second-order valence-electron chi connectivity index (χ2n) is 2.56. The molecule has 1 heterocycles. The quantitative estimate of drug-likeness (QED) is 0.357. The SMILES string of the molecule is Cc1ccc(C(=O)NN)c(C)n1. The van der Waals surface area contributed by atoms with Gasteiger partial charge in [0.2, 0.25) is 0 Å². The molecule has 64 valence electrons. The molecule has 0 saturated carbocycles. The highest BCUT2D eigenvalue weighted by molar-refractivity contribution is 5.94. The van der Waals surface area contributed by atoms with Crippen molar-refractivity contribution in [2.75, 3.05) is 0 Å². The summed E-state index contributed by atoms with van der Waals surface area (Å²) in [6.07, 6.45) is 0. The Morgan fingerprint density at radius 1 is 1.50 bits per heavy atom. The van der Waals surface area contributed by atoms with Gasteiger partial charge in [-0.15, -0.1) is 0 Å². The first kappa shape index (κ1) is 8.67. The van der Waals surface area contributed by atoms with E-state index in [0.717, 1.165) is 5.69 Å². The first-order chi connectivity index (χ1) is 5.65. The van der Waals surface area contributed by atoms with E-state index in [-0.39, 0.29) is 5.91 Å². The molecule has 3 N–H and O–H groups in total. The normalized spacial score (nSPS) is 9.58. The van der Waals surface area contributed by atoms with Crippen LogP contribution in [0, 0.1) is 13.8 Å². The van der Waals surface area contributed by atoms with Crippen LogP contribution in [-0.2, 0) is 0 Å². The number of hydrazine groups is 1. The fraction of sp³-hybridized carbons (Fsp3) is 0.250. The number of aromatic nitrogens is 1. The number of carbonyl (C=O) groups is 1. The Labute approximate surface area is 70.8 Å². The van der Waals surface area contributed by atoms with E-state index in [9.17, 15) is 4.79 Å². The number of rotatable bonds is 1. The molecular formula is C8H11N3O. The molecule has 12 heavy (non-hydrogen) atoms. The van der Waals surface area contributed by atoms with E-state index >= 15 is 0 Å². The van der Waals surface area contributed by atoms with Crippen LogP contribution in [0.25, 0.3) is 0 Å². The standard InChI is InChI=1S/C8H11N3O/c1-5-3-4-7(6(2)10-5)8(12)11-9/h3-4H,9H2,1-2H3,(H,11,12). The molecule has 0 fully saturated rings. The first-order valence-electron chi connectivity index (χ1n) is 3.60. The average Bonchev–Trinajstić information content (AvgIpc) is 2.03. The summed E-state index contributed by atoms with van der Waals surface area (Å²) in [5.41, 5.74) is 4.16. The molecule has 0 spiro atoms. The van der Waals surface area contributed by atoms with Gasteiger partial charge >= 0.3 is 0 Å². The number of hydrogen-bond acceptors (Lipinski definition) is 3. The van der Waals surface area contributed by atoms with E-state index in [2.05, 4.69) is 10.4 Å². The van der Waals surface area contributed by atoms with Crippen LogP contribution in [0.5, 0.6) is 0 Å². The van der Waals surface area contributed by atoms with Crippen molar-refractivity contribution < 1.29 is 4.79 Å². The number of amides is 1. The van der Waals surface area contributed by atoms with Gasteiger partial charge in [0.15, 0.2) is 0 Å². The number of nitrogen functional groups attached to an aromatic ring is 1. The van der Waals surface area contributed by atoms with Gasteiger partial charge in [-0.1, -0.05) is 0 Å². The molecule has 0 aliphatic carbocycles. The highest BCUT2D eigenvalue weighted by Gasteiger charge is 2.06. The van der Waals surface area contributed by atoms with Crippen molar-refractivity contribution in [2.45, 2.75) is 13.8 Å². The Hall–Kier alpha value is -1.42. The van der Waals surface area contributed by atoms with Gasteiger partial charge in [0, 0.05) is 5.69 Å². The van der Waals surface area contributed by atoms with E-state index in [0.29, 0.717) is 11.3 Å². The molecule has 0 radical (unpaired) electrons. The number of pyridine rings is 1. The summed E-state index contributed by atoms with van der Waals surface area (Å²) in [6.45, 7) is 3.65. The summed E-state index contributed by atoms with van der Waals surface area (Å²) < 4.78 is 0. The smallest absolute Gasteiger partial charge is 0.267 e. The van der Waals surface area contributed by atoms with Crippen LogP contribution >= 0.6 is 0 Å². The fourth-order valence-corrected chi connectivity index (χ4v) is 1.00. The largest absolute Gasteiger partial charge is 0.290 e. The minimum absolute atomic E-state index is 0.306.